The summed E-state index contributed by atoms with van der Waals surface area (Å²) < 4.78 is 30.0. The smallest absolute Gasteiger partial charge is 0.240 e. The van der Waals surface area contributed by atoms with Crippen molar-refractivity contribution in [2.45, 2.75) is 62.5 Å². The van der Waals surface area contributed by atoms with Crippen molar-refractivity contribution in [1.82, 2.24) is 19.3 Å². The second kappa shape index (κ2) is 9.84. The molecule has 1 fully saturated rings. The summed E-state index contributed by atoms with van der Waals surface area (Å²) in [6.07, 6.45) is 3.85. The van der Waals surface area contributed by atoms with E-state index in [0.717, 1.165) is 53.4 Å². The number of amides is 1. The first-order valence-electron chi connectivity index (χ1n) is 12.0. The van der Waals surface area contributed by atoms with Crippen LogP contribution in [0.2, 0.25) is 0 Å². The van der Waals surface area contributed by atoms with Crippen LogP contribution in [0.25, 0.3) is 16.6 Å². The Labute approximate surface area is 214 Å². The van der Waals surface area contributed by atoms with E-state index in [1.165, 1.54) is 29.5 Å². The van der Waals surface area contributed by atoms with Crippen LogP contribution >= 0.6 is 11.8 Å². The molecule has 0 saturated heterocycles. The summed E-state index contributed by atoms with van der Waals surface area (Å²) in [4.78, 5) is 12.9. The van der Waals surface area contributed by atoms with Gasteiger partial charge in [0.25, 0.3) is 0 Å². The summed E-state index contributed by atoms with van der Waals surface area (Å²) in [5.74, 6) is -0.0645. The third-order valence-electron chi connectivity index (χ3n) is 6.55. The van der Waals surface area contributed by atoms with E-state index in [2.05, 4.69) is 52.3 Å². The van der Waals surface area contributed by atoms with Gasteiger partial charge in [-0.05, 0) is 86.7 Å². The molecular formula is C26H29N5O3S2. The van der Waals surface area contributed by atoms with Crippen LogP contribution in [0.5, 0.6) is 0 Å². The standard InChI is InChI=1S/C26H29N5O3S2/c1-16-12-17(2)22-14-18(3)25-28-29-26(31(25)23(22)13-16)35-15-24(32)27-19-8-10-21(11-9-19)36(33,34)30-20-6-4-5-7-20/h8-14,20,30H,4-7,15H2,1-3H3,(H,27,32). The maximum atomic E-state index is 12.7. The van der Waals surface area contributed by atoms with Crippen LogP contribution in [-0.4, -0.2) is 40.7 Å². The van der Waals surface area contributed by atoms with Crippen LogP contribution in [0.4, 0.5) is 5.69 Å². The van der Waals surface area contributed by atoms with Gasteiger partial charge in [-0.25, -0.2) is 13.1 Å². The van der Waals surface area contributed by atoms with Crippen LogP contribution in [0, 0.1) is 20.8 Å². The summed E-state index contributed by atoms with van der Waals surface area (Å²) >= 11 is 1.32. The average Bonchev–Trinajstić information content (AvgIpc) is 3.49. The Kier molecular flexibility index (Phi) is 6.76. The summed E-state index contributed by atoms with van der Waals surface area (Å²) in [5.41, 5.74) is 5.69. The van der Waals surface area contributed by atoms with E-state index < -0.39 is 10.0 Å². The number of nitrogens with zero attached hydrogens (tertiary/aromatic N) is 3. The third kappa shape index (κ3) is 4.98. The summed E-state index contributed by atoms with van der Waals surface area (Å²) in [5, 5.41) is 13.3. The molecule has 4 aromatic rings. The van der Waals surface area contributed by atoms with Crippen molar-refractivity contribution in [2.75, 3.05) is 11.1 Å². The van der Waals surface area contributed by atoms with E-state index in [1.807, 2.05) is 11.3 Å². The van der Waals surface area contributed by atoms with Gasteiger partial charge in [0.15, 0.2) is 10.8 Å². The fourth-order valence-corrected chi connectivity index (χ4v) is 6.87. The number of pyridine rings is 1. The highest BCUT2D eigenvalue weighted by Crippen LogP contribution is 2.28. The highest BCUT2D eigenvalue weighted by atomic mass is 32.2. The molecule has 2 aromatic heterocycles. The Hall–Kier alpha value is -2.95. The number of hydrogen-bond donors (Lipinski definition) is 2. The number of carbonyl (C=O) groups excluding carboxylic acids is 1. The van der Waals surface area contributed by atoms with E-state index in [1.54, 1.807) is 12.1 Å². The molecular weight excluding hydrogens is 494 g/mol. The van der Waals surface area contributed by atoms with E-state index in [9.17, 15) is 13.2 Å². The average molecular weight is 524 g/mol. The lowest BCUT2D eigenvalue weighted by atomic mass is 10.0. The lowest BCUT2D eigenvalue weighted by molar-refractivity contribution is -0.113. The number of anilines is 1. The molecule has 1 amide bonds. The first-order valence-corrected chi connectivity index (χ1v) is 14.5. The Balaban J connectivity index is 1.28. The van der Waals surface area contributed by atoms with Crippen molar-refractivity contribution in [1.29, 1.82) is 0 Å². The Bertz CT molecular complexity index is 1560. The largest absolute Gasteiger partial charge is 0.325 e. The lowest BCUT2D eigenvalue weighted by Gasteiger charge is -2.13. The monoisotopic (exact) mass is 523 g/mol. The van der Waals surface area contributed by atoms with Crippen molar-refractivity contribution < 1.29 is 13.2 Å². The quantitative estimate of drug-likeness (QED) is 0.339. The SMILES string of the molecule is Cc1cc(C)c2cc(C)c3nnc(SCC(=O)Nc4ccc(S(=O)(=O)NC5CCCC5)cc4)n3c2c1. The zero-order valence-corrected chi connectivity index (χ0v) is 22.2. The second-order valence-electron chi connectivity index (χ2n) is 9.45. The minimum atomic E-state index is -3.56. The highest BCUT2D eigenvalue weighted by molar-refractivity contribution is 7.99. The summed E-state index contributed by atoms with van der Waals surface area (Å²) in [7, 11) is -3.56. The second-order valence-corrected chi connectivity index (χ2v) is 12.1. The lowest BCUT2D eigenvalue weighted by Crippen LogP contribution is -2.32. The normalized spacial score (nSPS) is 14.6. The van der Waals surface area contributed by atoms with Crippen LogP contribution in [0.15, 0.2) is 52.5 Å². The number of benzene rings is 2. The van der Waals surface area contributed by atoms with Gasteiger partial charge in [0, 0.05) is 17.1 Å². The van der Waals surface area contributed by atoms with E-state index >= 15 is 0 Å². The van der Waals surface area contributed by atoms with Gasteiger partial charge in [0.2, 0.25) is 15.9 Å². The van der Waals surface area contributed by atoms with Gasteiger partial charge in [-0.2, -0.15) is 0 Å². The summed E-state index contributed by atoms with van der Waals surface area (Å²) in [6.45, 7) is 6.16. The van der Waals surface area contributed by atoms with E-state index in [4.69, 9.17) is 0 Å². The number of sulfonamides is 1. The molecule has 1 saturated carbocycles. The van der Waals surface area contributed by atoms with E-state index in [0.29, 0.717) is 10.8 Å². The number of aryl methyl sites for hydroxylation is 3. The minimum absolute atomic E-state index is 0.00776. The number of thioether (sulfide) groups is 1. The molecule has 2 aromatic carbocycles. The maximum absolute atomic E-state index is 12.7. The van der Waals surface area contributed by atoms with Gasteiger partial charge in [0.05, 0.1) is 16.2 Å². The molecule has 5 rings (SSSR count). The number of carbonyl (C=O) groups is 1. The molecule has 0 radical (unpaired) electrons. The molecule has 188 valence electrons. The highest BCUT2D eigenvalue weighted by Gasteiger charge is 2.23. The van der Waals surface area contributed by atoms with Gasteiger partial charge in [-0.15, -0.1) is 10.2 Å². The van der Waals surface area contributed by atoms with Crippen molar-refractivity contribution in [3.63, 3.8) is 0 Å². The fourth-order valence-electron chi connectivity index (χ4n) is 4.82. The Morgan fingerprint density at radius 2 is 1.75 bits per heavy atom. The van der Waals surface area contributed by atoms with Gasteiger partial charge < -0.3 is 5.32 Å². The Morgan fingerprint density at radius 3 is 2.47 bits per heavy atom. The van der Waals surface area contributed by atoms with Crippen LogP contribution in [0.3, 0.4) is 0 Å². The number of rotatable bonds is 7. The van der Waals surface area contributed by atoms with Crippen molar-refractivity contribution in [3.05, 3.63) is 59.2 Å². The molecule has 1 aliphatic rings. The number of fused-ring (bicyclic) bond motifs is 3. The number of aromatic nitrogens is 3. The number of hydrogen-bond acceptors (Lipinski definition) is 6. The topological polar surface area (TPSA) is 105 Å². The molecule has 0 bridgehead atoms. The molecule has 36 heavy (non-hydrogen) atoms. The zero-order valence-electron chi connectivity index (χ0n) is 20.5. The van der Waals surface area contributed by atoms with Crippen molar-refractivity contribution in [2.24, 2.45) is 0 Å². The van der Waals surface area contributed by atoms with Crippen LogP contribution in [-0.2, 0) is 14.8 Å². The Morgan fingerprint density at radius 1 is 1.03 bits per heavy atom. The predicted octanol–water partition coefficient (Wildman–Crippen LogP) is 4.76. The van der Waals surface area contributed by atoms with Crippen LogP contribution in [0.1, 0.15) is 42.4 Å². The molecule has 1 aliphatic carbocycles. The molecule has 10 heteroatoms. The molecule has 2 heterocycles. The first-order chi connectivity index (χ1) is 17.2. The van der Waals surface area contributed by atoms with Crippen LogP contribution < -0.4 is 10.0 Å². The van der Waals surface area contributed by atoms with Gasteiger partial charge in [-0.3, -0.25) is 9.20 Å². The first kappa shape index (κ1) is 24.7. The minimum Gasteiger partial charge on any atom is -0.325 e. The van der Waals surface area contributed by atoms with Crippen molar-refractivity contribution >= 4 is 49.9 Å². The van der Waals surface area contributed by atoms with E-state index in [-0.39, 0.29) is 22.6 Å². The molecule has 0 unspecified atom stereocenters. The molecule has 8 nitrogen and oxygen atoms in total. The third-order valence-corrected chi connectivity index (χ3v) is 9.02. The van der Waals surface area contributed by atoms with Gasteiger partial charge in [-0.1, -0.05) is 30.7 Å². The predicted molar refractivity (Wildman–Crippen MR) is 143 cm³/mol. The number of nitrogens with one attached hydrogen (secondary N) is 2. The molecule has 0 spiro atoms. The fraction of sp³-hybridized carbons (Fsp3) is 0.346. The van der Waals surface area contributed by atoms with Crippen molar-refractivity contribution in [3.8, 4) is 0 Å². The van der Waals surface area contributed by atoms with Gasteiger partial charge in [0.1, 0.15) is 0 Å². The summed E-state index contributed by atoms with van der Waals surface area (Å²) in [6, 6.07) is 12.7. The molecule has 0 aliphatic heterocycles. The maximum Gasteiger partial charge on any atom is 0.240 e. The van der Waals surface area contributed by atoms with Gasteiger partial charge >= 0.3 is 0 Å². The molecule has 0 atom stereocenters. The zero-order chi connectivity index (χ0) is 25.4. The molecule has 2 N–H and O–H groups in total.